The van der Waals surface area contributed by atoms with E-state index in [4.69, 9.17) is 14.2 Å². The van der Waals surface area contributed by atoms with E-state index in [9.17, 15) is 14.4 Å². The Morgan fingerprint density at radius 3 is 2.51 bits per heavy atom. The molecule has 0 bridgehead atoms. The number of hydrogen-bond donors (Lipinski definition) is 1. The third-order valence-electron chi connectivity index (χ3n) is 6.01. The molecule has 0 saturated heterocycles. The molecule has 2 heterocycles. The predicted molar refractivity (Wildman–Crippen MR) is 149 cm³/mol. The van der Waals surface area contributed by atoms with Crippen LogP contribution in [0.5, 0.6) is 11.5 Å². The van der Waals surface area contributed by atoms with Crippen molar-refractivity contribution < 1.29 is 23.8 Å². The number of rotatable bonds is 8. The van der Waals surface area contributed by atoms with E-state index in [1.54, 1.807) is 25.1 Å². The Balaban J connectivity index is 1.39. The predicted octanol–water partition coefficient (Wildman–Crippen LogP) is 2.79. The monoisotopic (exact) mass is 542 g/mol. The SMILES string of the molecule is CCOC(=O)/C=c1/s/c(=C\c2ccc(-c3ccccc3)cc2)c(=O)n1CC(=O)NCc1ccc2c(c1)OCO2. The molecule has 9 heteroatoms. The molecule has 1 aliphatic heterocycles. The molecule has 4 aromatic rings. The van der Waals surface area contributed by atoms with Crippen molar-refractivity contribution in [2.75, 3.05) is 13.4 Å². The number of ether oxygens (including phenoxy) is 3. The van der Waals surface area contributed by atoms with E-state index in [0.29, 0.717) is 20.7 Å². The lowest BCUT2D eigenvalue weighted by molar-refractivity contribution is -0.135. The minimum Gasteiger partial charge on any atom is -0.463 e. The van der Waals surface area contributed by atoms with E-state index in [2.05, 4.69) is 5.32 Å². The van der Waals surface area contributed by atoms with Crippen LogP contribution in [0.4, 0.5) is 0 Å². The maximum absolute atomic E-state index is 13.3. The van der Waals surface area contributed by atoms with Crippen molar-refractivity contribution in [3.8, 4) is 22.6 Å². The molecule has 0 saturated carbocycles. The van der Waals surface area contributed by atoms with Gasteiger partial charge < -0.3 is 19.5 Å². The van der Waals surface area contributed by atoms with Crippen LogP contribution in [0.2, 0.25) is 0 Å². The van der Waals surface area contributed by atoms with Crippen molar-refractivity contribution in [2.24, 2.45) is 0 Å². The molecule has 0 radical (unpaired) electrons. The first-order chi connectivity index (χ1) is 19.0. The number of carbonyl (C=O) groups is 2. The van der Waals surface area contributed by atoms with Crippen LogP contribution in [-0.2, 0) is 27.4 Å². The summed E-state index contributed by atoms with van der Waals surface area (Å²) in [6.45, 7) is 2.08. The van der Waals surface area contributed by atoms with Crippen LogP contribution in [0.15, 0.2) is 77.6 Å². The number of amides is 1. The summed E-state index contributed by atoms with van der Waals surface area (Å²) in [6.07, 6.45) is 3.00. The second-order valence-corrected chi connectivity index (χ2v) is 9.75. The lowest BCUT2D eigenvalue weighted by Gasteiger charge is -2.07. The van der Waals surface area contributed by atoms with Crippen LogP contribution < -0.4 is 29.5 Å². The fraction of sp³-hybridized carbons (Fsp3) is 0.167. The summed E-state index contributed by atoms with van der Waals surface area (Å²) in [7, 11) is 0. The molecule has 1 amide bonds. The van der Waals surface area contributed by atoms with E-state index in [1.165, 1.54) is 10.6 Å². The summed E-state index contributed by atoms with van der Waals surface area (Å²) in [6, 6.07) is 23.3. The fourth-order valence-corrected chi connectivity index (χ4v) is 5.11. The van der Waals surface area contributed by atoms with E-state index >= 15 is 0 Å². The fourth-order valence-electron chi connectivity index (χ4n) is 4.08. The number of fused-ring (bicyclic) bond motifs is 1. The van der Waals surface area contributed by atoms with Gasteiger partial charge in [0.25, 0.3) is 5.56 Å². The molecule has 198 valence electrons. The van der Waals surface area contributed by atoms with Gasteiger partial charge in [0.1, 0.15) is 11.2 Å². The van der Waals surface area contributed by atoms with Crippen LogP contribution in [0.1, 0.15) is 18.1 Å². The third-order valence-corrected chi connectivity index (χ3v) is 7.07. The van der Waals surface area contributed by atoms with Crippen LogP contribution in [0.25, 0.3) is 23.3 Å². The molecule has 0 fully saturated rings. The number of aromatic nitrogens is 1. The molecule has 39 heavy (non-hydrogen) atoms. The van der Waals surface area contributed by atoms with Crippen molar-refractivity contribution in [1.82, 2.24) is 9.88 Å². The highest BCUT2D eigenvalue weighted by molar-refractivity contribution is 7.07. The highest BCUT2D eigenvalue weighted by Crippen LogP contribution is 2.32. The highest BCUT2D eigenvalue weighted by Gasteiger charge is 2.15. The van der Waals surface area contributed by atoms with Gasteiger partial charge in [-0.1, -0.05) is 60.7 Å². The Bertz CT molecular complexity index is 1670. The van der Waals surface area contributed by atoms with Gasteiger partial charge in [0.2, 0.25) is 12.7 Å². The van der Waals surface area contributed by atoms with E-state index in [1.807, 2.05) is 60.7 Å². The Morgan fingerprint density at radius 2 is 1.74 bits per heavy atom. The van der Waals surface area contributed by atoms with E-state index < -0.39 is 5.97 Å². The van der Waals surface area contributed by atoms with Crippen molar-refractivity contribution in [3.63, 3.8) is 0 Å². The number of nitrogens with zero attached hydrogens (tertiary/aromatic N) is 1. The average Bonchev–Trinajstić information content (AvgIpc) is 3.53. The summed E-state index contributed by atoms with van der Waals surface area (Å²) in [4.78, 5) is 38.3. The lowest BCUT2D eigenvalue weighted by atomic mass is 10.0. The van der Waals surface area contributed by atoms with Crippen LogP contribution in [-0.4, -0.2) is 29.8 Å². The maximum atomic E-state index is 13.3. The Hall–Kier alpha value is -4.63. The van der Waals surface area contributed by atoms with Crippen molar-refractivity contribution in [2.45, 2.75) is 20.0 Å². The highest BCUT2D eigenvalue weighted by atomic mass is 32.1. The molecule has 5 rings (SSSR count). The second-order valence-electron chi connectivity index (χ2n) is 8.69. The summed E-state index contributed by atoms with van der Waals surface area (Å²) in [5.74, 6) is 0.337. The number of thiazole rings is 1. The smallest absolute Gasteiger partial charge is 0.333 e. The van der Waals surface area contributed by atoms with Gasteiger partial charge in [-0.15, -0.1) is 11.3 Å². The van der Waals surface area contributed by atoms with Crippen LogP contribution >= 0.6 is 11.3 Å². The molecular weight excluding hydrogens is 516 g/mol. The summed E-state index contributed by atoms with van der Waals surface area (Å²) in [5, 5.41) is 2.82. The quantitative estimate of drug-likeness (QED) is 0.344. The summed E-state index contributed by atoms with van der Waals surface area (Å²) in [5.41, 5.74) is 3.46. The molecule has 0 atom stereocenters. The first-order valence-corrected chi connectivity index (χ1v) is 13.2. The average molecular weight is 543 g/mol. The van der Waals surface area contributed by atoms with Gasteiger partial charge in [-0.2, -0.15) is 0 Å². The molecule has 8 nitrogen and oxygen atoms in total. The van der Waals surface area contributed by atoms with Crippen molar-refractivity contribution in [3.05, 3.63) is 103 Å². The van der Waals surface area contributed by atoms with Crippen LogP contribution in [0.3, 0.4) is 0 Å². The Morgan fingerprint density at radius 1 is 1.00 bits per heavy atom. The minimum atomic E-state index is -0.577. The number of carbonyl (C=O) groups excluding carboxylic acids is 2. The largest absolute Gasteiger partial charge is 0.463 e. The third kappa shape index (κ3) is 6.27. The topological polar surface area (TPSA) is 95.9 Å². The second kappa shape index (κ2) is 11.8. The van der Waals surface area contributed by atoms with E-state index in [0.717, 1.165) is 33.6 Å². The van der Waals surface area contributed by atoms with Crippen molar-refractivity contribution in [1.29, 1.82) is 0 Å². The zero-order valence-electron chi connectivity index (χ0n) is 21.2. The molecule has 1 N–H and O–H groups in total. The molecule has 3 aromatic carbocycles. The summed E-state index contributed by atoms with van der Waals surface area (Å²) >= 11 is 1.13. The Kier molecular flexibility index (Phi) is 7.88. The minimum absolute atomic E-state index is 0.169. The molecule has 0 unspecified atom stereocenters. The molecule has 0 aliphatic carbocycles. The zero-order chi connectivity index (χ0) is 27.2. The van der Waals surface area contributed by atoms with Crippen LogP contribution in [0, 0.1) is 0 Å². The first-order valence-electron chi connectivity index (χ1n) is 12.4. The first kappa shape index (κ1) is 26.0. The van der Waals surface area contributed by atoms with Gasteiger partial charge in [0.05, 0.1) is 17.2 Å². The number of nitrogens with one attached hydrogen (secondary N) is 1. The lowest BCUT2D eigenvalue weighted by Crippen LogP contribution is -2.38. The zero-order valence-corrected chi connectivity index (χ0v) is 22.0. The normalized spacial score (nSPS) is 12.9. The number of esters is 1. The Labute approximate surface area is 228 Å². The van der Waals surface area contributed by atoms with Gasteiger partial charge in [0, 0.05) is 6.54 Å². The molecule has 0 spiro atoms. The van der Waals surface area contributed by atoms with Crippen molar-refractivity contribution >= 4 is 35.4 Å². The van der Waals surface area contributed by atoms with Gasteiger partial charge in [-0.05, 0) is 47.4 Å². The molecule has 1 aliphatic rings. The van der Waals surface area contributed by atoms with E-state index in [-0.39, 0.29) is 38.0 Å². The van der Waals surface area contributed by atoms with Gasteiger partial charge >= 0.3 is 5.97 Å². The number of benzene rings is 3. The molecule has 1 aromatic heterocycles. The van der Waals surface area contributed by atoms with Gasteiger partial charge in [0.15, 0.2) is 11.5 Å². The van der Waals surface area contributed by atoms with Gasteiger partial charge in [-0.3, -0.25) is 14.2 Å². The maximum Gasteiger partial charge on any atom is 0.333 e. The van der Waals surface area contributed by atoms with Gasteiger partial charge in [-0.25, -0.2) is 4.79 Å². The number of hydrogen-bond acceptors (Lipinski definition) is 7. The summed E-state index contributed by atoms with van der Waals surface area (Å²) < 4.78 is 17.8. The standard InChI is InChI=1S/C30H26N2O6S/c1-2-36-29(34)16-28-32(18-27(33)31-17-21-10-13-24-25(14-21)38-19-37-24)30(35)26(39-28)15-20-8-11-23(12-9-20)22-6-4-3-5-7-22/h3-16H,2,17-19H2,1H3,(H,31,33)/b26-15-,28-16+. The molecular formula is C30H26N2O6S.